The van der Waals surface area contributed by atoms with Crippen LogP contribution in [0.3, 0.4) is 0 Å². The van der Waals surface area contributed by atoms with Gasteiger partial charge in [0.25, 0.3) is 0 Å². The zero-order chi connectivity index (χ0) is 12.5. The zero-order valence-corrected chi connectivity index (χ0v) is 9.42. The molecule has 0 aliphatic heterocycles. The molecule has 1 unspecified atom stereocenters. The summed E-state index contributed by atoms with van der Waals surface area (Å²) < 4.78 is 40.8. The maximum Gasteiger partial charge on any atom is 0.573 e. The van der Waals surface area contributed by atoms with Crippen LogP contribution in [0.25, 0.3) is 0 Å². The lowest BCUT2D eigenvalue weighted by atomic mass is 10.0. The van der Waals surface area contributed by atoms with Gasteiger partial charge < -0.3 is 10.1 Å². The third-order valence-electron chi connectivity index (χ3n) is 2.88. The Bertz CT molecular complexity index is 388. The highest BCUT2D eigenvalue weighted by Crippen LogP contribution is 2.43. The molecule has 0 radical (unpaired) electrons. The first-order chi connectivity index (χ1) is 8.01. The Balaban J connectivity index is 2.25. The first-order valence-corrected chi connectivity index (χ1v) is 5.53. The third-order valence-corrected chi connectivity index (χ3v) is 2.88. The number of para-hydroxylation sites is 1. The average Bonchev–Trinajstić information content (AvgIpc) is 3.03. The van der Waals surface area contributed by atoms with Crippen molar-refractivity contribution < 1.29 is 17.9 Å². The number of nitrogens with one attached hydrogen (secondary N) is 1. The van der Waals surface area contributed by atoms with Crippen molar-refractivity contribution in [3.05, 3.63) is 29.8 Å². The minimum atomic E-state index is -4.64. The fourth-order valence-corrected chi connectivity index (χ4v) is 2.03. The molecule has 94 valence electrons. The molecule has 5 heteroatoms. The van der Waals surface area contributed by atoms with E-state index in [2.05, 4.69) is 10.1 Å². The highest BCUT2D eigenvalue weighted by Gasteiger charge is 2.36. The van der Waals surface area contributed by atoms with E-state index in [1.807, 2.05) is 0 Å². The Morgan fingerprint density at radius 2 is 1.94 bits per heavy atom. The van der Waals surface area contributed by atoms with Gasteiger partial charge in [0.05, 0.1) is 0 Å². The maximum atomic E-state index is 12.3. The molecule has 1 aliphatic rings. The van der Waals surface area contributed by atoms with Crippen LogP contribution in [0.1, 0.15) is 24.4 Å². The lowest BCUT2D eigenvalue weighted by molar-refractivity contribution is -0.275. The lowest BCUT2D eigenvalue weighted by Crippen LogP contribution is -2.22. The third kappa shape index (κ3) is 3.12. The van der Waals surface area contributed by atoms with Crippen LogP contribution in [0.2, 0.25) is 0 Å². The summed E-state index contributed by atoms with van der Waals surface area (Å²) in [6, 6.07) is 6.25. The highest BCUT2D eigenvalue weighted by atomic mass is 19.4. The number of hydrogen-bond donors (Lipinski definition) is 1. The zero-order valence-electron chi connectivity index (χ0n) is 9.42. The van der Waals surface area contributed by atoms with E-state index in [9.17, 15) is 13.2 Å². The molecule has 0 bridgehead atoms. The van der Waals surface area contributed by atoms with E-state index in [1.165, 1.54) is 6.07 Å². The molecule has 1 aromatic carbocycles. The summed E-state index contributed by atoms with van der Waals surface area (Å²) in [7, 11) is 1.76. The first kappa shape index (κ1) is 12.2. The molecule has 1 aromatic rings. The first-order valence-electron chi connectivity index (χ1n) is 5.53. The predicted octanol–water partition coefficient (Wildman–Crippen LogP) is 3.26. The van der Waals surface area contributed by atoms with Crippen molar-refractivity contribution in [1.82, 2.24) is 5.32 Å². The highest BCUT2D eigenvalue weighted by molar-refractivity contribution is 5.37. The SMILES string of the molecule is CNC(c1ccccc1OC(F)(F)F)C1CC1. The van der Waals surface area contributed by atoms with Gasteiger partial charge in [0, 0.05) is 11.6 Å². The molecule has 0 heterocycles. The number of rotatable bonds is 4. The standard InChI is InChI=1S/C12H14F3NO/c1-16-11(8-6-7-8)9-4-2-3-5-10(9)17-12(13,14)15/h2-5,8,11,16H,6-7H2,1H3. The van der Waals surface area contributed by atoms with E-state index in [1.54, 1.807) is 25.2 Å². The van der Waals surface area contributed by atoms with Gasteiger partial charge in [0.15, 0.2) is 0 Å². The van der Waals surface area contributed by atoms with Crippen molar-refractivity contribution >= 4 is 0 Å². The van der Waals surface area contributed by atoms with Crippen LogP contribution >= 0.6 is 0 Å². The normalized spacial score (nSPS) is 17.9. The van der Waals surface area contributed by atoms with Crippen molar-refractivity contribution in [2.75, 3.05) is 7.05 Å². The van der Waals surface area contributed by atoms with Crippen LogP contribution in [0.4, 0.5) is 13.2 Å². The van der Waals surface area contributed by atoms with Gasteiger partial charge in [-0.1, -0.05) is 18.2 Å². The summed E-state index contributed by atoms with van der Waals surface area (Å²) in [5.74, 6) is 0.309. The topological polar surface area (TPSA) is 21.3 Å². The maximum absolute atomic E-state index is 12.3. The quantitative estimate of drug-likeness (QED) is 0.879. The molecule has 1 saturated carbocycles. The van der Waals surface area contributed by atoms with E-state index in [4.69, 9.17) is 0 Å². The second-order valence-electron chi connectivity index (χ2n) is 4.19. The summed E-state index contributed by atoms with van der Waals surface area (Å²) >= 11 is 0. The van der Waals surface area contributed by atoms with Crippen LogP contribution in [-0.2, 0) is 0 Å². The molecule has 0 amide bonds. The van der Waals surface area contributed by atoms with Crippen molar-refractivity contribution in [3.63, 3.8) is 0 Å². The molecule has 17 heavy (non-hydrogen) atoms. The number of halogens is 3. The van der Waals surface area contributed by atoms with Crippen LogP contribution in [-0.4, -0.2) is 13.4 Å². The van der Waals surface area contributed by atoms with Gasteiger partial charge in [-0.25, -0.2) is 0 Å². The van der Waals surface area contributed by atoms with Gasteiger partial charge in [0.2, 0.25) is 0 Å². The van der Waals surface area contributed by atoms with Gasteiger partial charge in [-0.2, -0.15) is 0 Å². The molecular formula is C12H14F3NO. The number of benzene rings is 1. The van der Waals surface area contributed by atoms with E-state index in [-0.39, 0.29) is 11.8 Å². The summed E-state index contributed by atoms with van der Waals surface area (Å²) in [5, 5.41) is 3.06. The molecule has 0 spiro atoms. The Kier molecular flexibility index (Phi) is 3.28. The average molecular weight is 245 g/mol. The van der Waals surface area contributed by atoms with Crippen LogP contribution < -0.4 is 10.1 Å². The largest absolute Gasteiger partial charge is 0.573 e. The van der Waals surface area contributed by atoms with E-state index < -0.39 is 6.36 Å². The van der Waals surface area contributed by atoms with E-state index in [0.717, 1.165) is 12.8 Å². The Morgan fingerprint density at radius 1 is 1.29 bits per heavy atom. The second-order valence-corrected chi connectivity index (χ2v) is 4.19. The number of alkyl halides is 3. The Hall–Kier alpha value is -1.23. The Labute approximate surface area is 97.8 Å². The van der Waals surface area contributed by atoms with Gasteiger partial charge in [0.1, 0.15) is 5.75 Å². The van der Waals surface area contributed by atoms with Crippen molar-refractivity contribution in [1.29, 1.82) is 0 Å². The van der Waals surface area contributed by atoms with E-state index in [0.29, 0.717) is 11.5 Å². The van der Waals surface area contributed by atoms with Crippen LogP contribution in [0.5, 0.6) is 5.75 Å². The minimum Gasteiger partial charge on any atom is -0.405 e. The van der Waals surface area contributed by atoms with Crippen molar-refractivity contribution in [3.8, 4) is 5.75 Å². The van der Waals surface area contributed by atoms with Crippen LogP contribution in [0, 0.1) is 5.92 Å². The smallest absolute Gasteiger partial charge is 0.405 e. The molecule has 1 aliphatic carbocycles. The molecule has 1 atom stereocenters. The molecule has 2 nitrogen and oxygen atoms in total. The molecule has 0 aromatic heterocycles. The minimum absolute atomic E-state index is 0.0615. The van der Waals surface area contributed by atoms with Gasteiger partial charge in [-0.3, -0.25) is 0 Å². The fourth-order valence-electron chi connectivity index (χ4n) is 2.03. The second kappa shape index (κ2) is 4.56. The van der Waals surface area contributed by atoms with Crippen molar-refractivity contribution in [2.45, 2.75) is 25.2 Å². The van der Waals surface area contributed by atoms with Gasteiger partial charge in [-0.15, -0.1) is 13.2 Å². The number of hydrogen-bond acceptors (Lipinski definition) is 2. The fraction of sp³-hybridized carbons (Fsp3) is 0.500. The van der Waals surface area contributed by atoms with Gasteiger partial charge in [-0.05, 0) is 31.9 Å². The predicted molar refractivity (Wildman–Crippen MR) is 57.6 cm³/mol. The van der Waals surface area contributed by atoms with Gasteiger partial charge >= 0.3 is 6.36 Å². The van der Waals surface area contributed by atoms with E-state index >= 15 is 0 Å². The monoisotopic (exact) mass is 245 g/mol. The molecule has 2 rings (SSSR count). The summed E-state index contributed by atoms with van der Waals surface area (Å²) in [4.78, 5) is 0. The molecule has 1 N–H and O–H groups in total. The van der Waals surface area contributed by atoms with Crippen LogP contribution in [0.15, 0.2) is 24.3 Å². The summed E-state index contributed by atoms with van der Waals surface area (Å²) in [5.41, 5.74) is 0.579. The Morgan fingerprint density at radius 3 is 2.47 bits per heavy atom. The molecule has 0 saturated heterocycles. The van der Waals surface area contributed by atoms with Crippen molar-refractivity contribution in [2.24, 2.45) is 5.92 Å². The molecular weight excluding hydrogens is 231 g/mol. The lowest BCUT2D eigenvalue weighted by Gasteiger charge is -2.20. The summed E-state index contributed by atoms with van der Waals surface area (Å²) in [6.45, 7) is 0. The summed E-state index contributed by atoms with van der Waals surface area (Å²) in [6.07, 6.45) is -2.55. The number of ether oxygens (including phenoxy) is 1. The molecule has 1 fully saturated rings.